The van der Waals surface area contributed by atoms with E-state index in [2.05, 4.69) is 10.6 Å². The van der Waals surface area contributed by atoms with Gasteiger partial charge in [0.1, 0.15) is 6.54 Å². The molecule has 8 heteroatoms. The minimum absolute atomic E-state index is 0.147. The number of hydrogen-bond acceptors (Lipinski definition) is 5. The molecule has 0 heterocycles. The van der Waals surface area contributed by atoms with E-state index in [9.17, 15) is 19.2 Å². The van der Waals surface area contributed by atoms with Gasteiger partial charge in [0.2, 0.25) is 5.91 Å². The fraction of sp³-hybridized carbons (Fsp3) is 0.238. The summed E-state index contributed by atoms with van der Waals surface area (Å²) in [5, 5.41) is 5.01. The molecule has 0 aliphatic carbocycles. The largest absolute Gasteiger partial charge is 0.454 e. The molecule has 0 radical (unpaired) electrons. The van der Waals surface area contributed by atoms with Crippen LogP contribution in [0.25, 0.3) is 0 Å². The Hall–Kier alpha value is -3.68. The van der Waals surface area contributed by atoms with Gasteiger partial charge in [0.15, 0.2) is 6.61 Å². The van der Waals surface area contributed by atoms with Crippen molar-refractivity contribution in [2.75, 3.05) is 32.6 Å². The number of ether oxygens (including phenoxy) is 1. The molecule has 0 saturated carbocycles. The highest BCUT2D eigenvalue weighted by Crippen LogP contribution is 2.10. The molecule has 2 aromatic rings. The first-order valence-corrected chi connectivity index (χ1v) is 8.93. The van der Waals surface area contributed by atoms with Crippen LogP contribution in [0.1, 0.15) is 15.9 Å². The summed E-state index contributed by atoms with van der Waals surface area (Å²) in [4.78, 5) is 48.6. The summed E-state index contributed by atoms with van der Waals surface area (Å²) in [6, 6.07) is 15.5. The fourth-order valence-corrected chi connectivity index (χ4v) is 2.36. The van der Waals surface area contributed by atoms with Crippen LogP contribution >= 0.6 is 0 Å². The highest BCUT2D eigenvalue weighted by molar-refractivity contribution is 5.96. The molecule has 152 valence electrons. The van der Waals surface area contributed by atoms with E-state index in [1.54, 1.807) is 38.4 Å². The minimum Gasteiger partial charge on any atom is -0.454 e. The van der Waals surface area contributed by atoms with Crippen molar-refractivity contribution in [3.8, 4) is 0 Å². The number of carbonyl (C=O) groups excluding carboxylic acids is 4. The number of hydrogen-bond donors (Lipinski definition) is 2. The summed E-state index contributed by atoms with van der Waals surface area (Å²) >= 11 is 0. The molecule has 2 rings (SSSR count). The van der Waals surface area contributed by atoms with Gasteiger partial charge >= 0.3 is 5.97 Å². The molecule has 0 fully saturated rings. The van der Waals surface area contributed by atoms with Crippen molar-refractivity contribution >= 4 is 29.4 Å². The third kappa shape index (κ3) is 7.45. The van der Waals surface area contributed by atoms with Crippen LogP contribution in [0.3, 0.4) is 0 Å². The average molecular weight is 397 g/mol. The van der Waals surface area contributed by atoms with Crippen LogP contribution in [0.2, 0.25) is 0 Å². The van der Waals surface area contributed by atoms with E-state index in [0.29, 0.717) is 11.3 Å². The molecule has 3 amide bonds. The Balaban J connectivity index is 1.69. The van der Waals surface area contributed by atoms with Gasteiger partial charge in [0, 0.05) is 25.3 Å². The molecule has 0 bridgehead atoms. The minimum atomic E-state index is -0.714. The number of nitrogens with zero attached hydrogens (tertiary/aromatic N) is 1. The lowest BCUT2D eigenvalue weighted by Crippen LogP contribution is -2.33. The summed E-state index contributed by atoms with van der Waals surface area (Å²) < 4.78 is 4.84. The number of esters is 1. The lowest BCUT2D eigenvalue weighted by molar-refractivity contribution is -0.147. The Kier molecular flexibility index (Phi) is 7.90. The zero-order valence-corrected chi connectivity index (χ0v) is 16.3. The average Bonchev–Trinajstić information content (AvgIpc) is 2.71. The Morgan fingerprint density at radius 1 is 0.897 bits per heavy atom. The zero-order valence-electron chi connectivity index (χ0n) is 16.3. The molecule has 0 atom stereocenters. The van der Waals surface area contributed by atoms with E-state index in [1.807, 2.05) is 30.3 Å². The van der Waals surface area contributed by atoms with E-state index >= 15 is 0 Å². The maximum atomic E-state index is 11.9. The number of nitrogens with one attached hydrogen (secondary N) is 2. The first kappa shape index (κ1) is 21.6. The Bertz CT molecular complexity index is 864. The quantitative estimate of drug-likeness (QED) is 0.652. The number of amides is 3. The second kappa shape index (κ2) is 10.6. The van der Waals surface area contributed by atoms with Crippen molar-refractivity contribution < 1.29 is 23.9 Å². The third-order valence-corrected chi connectivity index (χ3v) is 3.82. The molecule has 0 aliphatic heterocycles. The topological polar surface area (TPSA) is 105 Å². The van der Waals surface area contributed by atoms with Gasteiger partial charge in [-0.05, 0) is 29.8 Å². The van der Waals surface area contributed by atoms with Gasteiger partial charge < -0.3 is 20.3 Å². The molecule has 0 unspecified atom stereocenters. The maximum Gasteiger partial charge on any atom is 0.325 e. The molecule has 2 N–H and O–H groups in total. The number of benzene rings is 2. The summed E-state index contributed by atoms with van der Waals surface area (Å²) in [6.45, 7) is -0.800. The van der Waals surface area contributed by atoms with E-state index in [-0.39, 0.29) is 24.8 Å². The summed E-state index contributed by atoms with van der Waals surface area (Å²) in [7, 11) is 3.30. The predicted molar refractivity (Wildman–Crippen MR) is 107 cm³/mol. The van der Waals surface area contributed by atoms with Gasteiger partial charge in [-0.25, -0.2) is 0 Å². The highest BCUT2D eigenvalue weighted by atomic mass is 16.5. The number of anilines is 1. The second-order valence-electron chi connectivity index (χ2n) is 6.42. The van der Waals surface area contributed by atoms with Crippen molar-refractivity contribution in [2.45, 2.75) is 6.42 Å². The fourth-order valence-electron chi connectivity index (χ4n) is 2.36. The lowest BCUT2D eigenvalue weighted by Gasteiger charge is -2.11. The molecule has 2 aromatic carbocycles. The van der Waals surface area contributed by atoms with E-state index in [0.717, 1.165) is 5.56 Å². The molecule has 8 nitrogen and oxygen atoms in total. The third-order valence-electron chi connectivity index (χ3n) is 3.82. The molecule has 29 heavy (non-hydrogen) atoms. The van der Waals surface area contributed by atoms with Crippen LogP contribution in [0.5, 0.6) is 0 Å². The summed E-state index contributed by atoms with van der Waals surface area (Å²) in [6.07, 6.45) is 0.154. The van der Waals surface area contributed by atoms with E-state index in [4.69, 9.17) is 4.74 Å². The molecule has 0 spiro atoms. The van der Waals surface area contributed by atoms with Crippen LogP contribution < -0.4 is 10.6 Å². The summed E-state index contributed by atoms with van der Waals surface area (Å²) in [5.74, 6) is -1.70. The van der Waals surface area contributed by atoms with Crippen LogP contribution in [-0.2, 0) is 25.5 Å². The zero-order chi connectivity index (χ0) is 21.2. The normalized spacial score (nSPS) is 10.0. The maximum absolute atomic E-state index is 11.9. The van der Waals surface area contributed by atoms with Crippen LogP contribution in [0.15, 0.2) is 54.6 Å². The van der Waals surface area contributed by atoms with Gasteiger partial charge in [0.25, 0.3) is 11.8 Å². The standard InChI is InChI=1S/C21H23N3O5/c1-24(2)21(28)16-8-10-17(11-9-16)23-19(26)14-29-20(27)13-22-18(25)12-15-6-4-3-5-7-15/h3-11H,12-14H2,1-2H3,(H,22,25)(H,23,26). The van der Waals surface area contributed by atoms with Crippen LogP contribution in [0.4, 0.5) is 5.69 Å². The summed E-state index contributed by atoms with van der Waals surface area (Å²) in [5.41, 5.74) is 1.79. The predicted octanol–water partition coefficient (Wildman–Crippen LogP) is 1.23. The van der Waals surface area contributed by atoms with Gasteiger partial charge in [-0.2, -0.15) is 0 Å². The monoisotopic (exact) mass is 397 g/mol. The molecular weight excluding hydrogens is 374 g/mol. The Labute approximate surface area is 168 Å². The van der Waals surface area contributed by atoms with Crippen molar-refractivity contribution in [2.24, 2.45) is 0 Å². The van der Waals surface area contributed by atoms with E-state index < -0.39 is 18.5 Å². The first-order chi connectivity index (χ1) is 13.8. The smallest absolute Gasteiger partial charge is 0.325 e. The van der Waals surface area contributed by atoms with Gasteiger partial charge in [-0.15, -0.1) is 0 Å². The molecular formula is C21H23N3O5. The number of rotatable bonds is 8. The molecule has 0 saturated heterocycles. The number of carbonyl (C=O) groups is 4. The van der Waals surface area contributed by atoms with Crippen molar-refractivity contribution in [3.05, 3.63) is 65.7 Å². The van der Waals surface area contributed by atoms with Crippen molar-refractivity contribution in [1.82, 2.24) is 10.2 Å². The first-order valence-electron chi connectivity index (χ1n) is 8.93. The lowest BCUT2D eigenvalue weighted by atomic mass is 10.1. The Morgan fingerprint density at radius 2 is 1.55 bits per heavy atom. The van der Waals surface area contributed by atoms with Gasteiger partial charge in [0.05, 0.1) is 6.42 Å². The second-order valence-corrected chi connectivity index (χ2v) is 6.42. The van der Waals surface area contributed by atoms with Crippen LogP contribution in [0, 0.1) is 0 Å². The Morgan fingerprint density at radius 3 is 2.17 bits per heavy atom. The van der Waals surface area contributed by atoms with Crippen molar-refractivity contribution in [3.63, 3.8) is 0 Å². The SMILES string of the molecule is CN(C)C(=O)c1ccc(NC(=O)COC(=O)CNC(=O)Cc2ccccc2)cc1. The van der Waals surface area contributed by atoms with E-state index in [1.165, 1.54) is 4.90 Å². The van der Waals surface area contributed by atoms with Gasteiger partial charge in [-0.1, -0.05) is 30.3 Å². The van der Waals surface area contributed by atoms with Gasteiger partial charge in [-0.3, -0.25) is 19.2 Å². The van der Waals surface area contributed by atoms with Crippen molar-refractivity contribution in [1.29, 1.82) is 0 Å². The molecule has 0 aromatic heterocycles. The van der Waals surface area contributed by atoms with Crippen LogP contribution in [-0.4, -0.2) is 55.8 Å². The highest BCUT2D eigenvalue weighted by Gasteiger charge is 2.11. The molecule has 0 aliphatic rings.